The first-order valence-corrected chi connectivity index (χ1v) is 7.77. The number of rotatable bonds is 7. The molecule has 0 bridgehead atoms. The normalized spacial score (nSPS) is 19.7. The summed E-state index contributed by atoms with van der Waals surface area (Å²) in [7, 11) is 0. The monoisotopic (exact) mass is 277 g/mol. The number of nitrogens with two attached hydrogens (primary N) is 1. The van der Waals surface area contributed by atoms with E-state index in [0.29, 0.717) is 13.0 Å². The second-order valence-electron chi connectivity index (χ2n) is 6.01. The summed E-state index contributed by atoms with van der Waals surface area (Å²) in [6.45, 7) is 1.41. The minimum atomic E-state index is -0.687. The van der Waals surface area contributed by atoms with Gasteiger partial charge in [0, 0.05) is 13.2 Å². The molecule has 3 N–H and O–H groups in total. The zero-order valence-corrected chi connectivity index (χ0v) is 12.3. The zero-order chi connectivity index (χ0) is 14.3. The van der Waals surface area contributed by atoms with Gasteiger partial charge in [0.15, 0.2) is 0 Å². The standard InChI is InChI=1S/C17H27NO2/c18-17(14-19,16-9-5-2-6-10-16)11-12-20-13-15-7-3-1-4-8-15/h2,5-6,9-10,15,19H,1,3-4,7-8,11-14,18H2. The Labute approximate surface area is 122 Å². The highest BCUT2D eigenvalue weighted by molar-refractivity contribution is 5.23. The summed E-state index contributed by atoms with van der Waals surface area (Å²) >= 11 is 0. The molecule has 1 unspecified atom stereocenters. The lowest BCUT2D eigenvalue weighted by molar-refractivity contribution is 0.0619. The maximum Gasteiger partial charge on any atom is 0.0666 e. The third-order valence-corrected chi connectivity index (χ3v) is 4.40. The van der Waals surface area contributed by atoms with Gasteiger partial charge in [-0.1, -0.05) is 49.6 Å². The van der Waals surface area contributed by atoms with Crippen LogP contribution < -0.4 is 5.73 Å². The van der Waals surface area contributed by atoms with Gasteiger partial charge in [-0.2, -0.15) is 0 Å². The van der Waals surface area contributed by atoms with Crippen LogP contribution in [0.5, 0.6) is 0 Å². The van der Waals surface area contributed by atoms with Crippen molar-refractivity contribution in [2.75, 3.05) is 19.8 Å². The summed E-state index contributed by atoms with van der Waals surface area (Å²) in [5, 5.41) is 9.61. The molecule has 2 rings (SSSR count). The van der Waals surface area contributed by atoms with Gasteiger partial charge in [0.25, 0.3) is 0 Å². The first kappa shape index (κ1) is 15.5. The van der Waals surface area contributed by atoms with Crippen LogP contribution >= 0.6 is 0 Å². The molecule has 1 fully saturated rings. The van der Waals surface area contributed by atoms with Crippen LogP contribution in [-0.2, 0) is 10.3 Å². The van der Waals surface area contributed by atoms with Crippen molar-refractivity contribution < 1.29 is 9.84 Å². The Bertz CT molecular complexity index is 376. The molecule has 0 heterocycles. The Morgan fingerprint density at radius 1 is 1.15 bits per heavy atom. The largest absolute Gasteiger partial charge is 0.394 e. The number of hydrogen-bond acceptors (Lipinski definition) is 3. The van der Waals surface area contributed by atoms with Crippen LogP contribution in [0.25, 0.3) is 0 Å². The molecule has 1 aromatic rings. The number of benzene rings is 1. The van der Waals surface area contributed by atoms with Gasteiger partial charge < -0.3 is 15.6 Å². The molecular weight excluding hydrogens is 250 g/mol. The molecule has 0 saturated heterocycles. The molecule has 3 nitrogen and oxygen atoms in total. The fourth-order valence-corrected chi connectivity index (χ4v) is 2.94. The Morgan fingerprint density at radius 2 is 1.85 bits per heavy atom. The highest BCUT2D eigenvalue weighted by Crippen LogP contribution is 2.25. The minimum absolute atomic E-state index is 0.0518. The summed E-state index contributed by atoms with van der Waals surface area (Å²) in [5.74, 6) is 0.724. The van der Waals surface area contributed by atoms with Gasteiger partial charge in [-0.05, 0) is 30.7 Å². The maximum absolute atomic E-state index is 9.61. The fraction of sp³-hybridized carbons (Fsp3) is 0.647. The van der Waals surface area contributed by atoms with Crippen molar-refractivity contribution in [3.8, 4) is 0 Å². The van der Waals surface area contributed by atoms with Crippen LogP contribution in [0.2, 0.25) is 0 Å². The molecule has 0 aliphatic heterocycles. The smallest absolute Gasteiger partial charge is 0.0666 e. The van der Waals surface area contributed by atoms with Gasteiger partial charge in [-0.3, -0.25) is 0 Å². The van der Waals surface area contributed by atoms with E-state index in [1.54, 1.807) is 0 Å². The molecule has 1 saturated carbocycles. The van der Waals surface area contributed by atoms with Gasteiger partial charge in [-0.15, -0.1) is 0 Å². The Morgan fingerprint density at radius 3 is 2.50 bits per heavy atom. The van der Waals surface area contributed by atoms with Crippen molar-refractivity contribution >= 4 is 0 Å². The summed E-state index contributed by atoms with van der Waals surface area (Å²) in [6.07, 6.45) is 7.31. The molecule has 1 aliphatic rings. The Kier molecular flexibility index (Phi) is 6.02. The van der Waals surface area contributed by atoms with Crippen LogP contribution in [-0.4, -0.2) is 24.9 Å². The second kappa shape index (κ2) is 7.77. The van der Waals surface area contributed by atoms with E-state index in [-0.39, 0.29) is 6.61 Å². The van der Waals surface area contributed by atoms with E-state index in [1.165, 1.54) is 32.1 Å². The van der Waals surface area contributed by atoms with Crippen molar-refractivity contribution in [1.29, 1.82) is 0 Å². The Hall–Kier alpha value is -0.900. The van der Waals surface area contributed by atoms with Crippen LogP contribution in [0, 0.1) is 5.92 Å². The van der Waals surface area contributed by atoms with Crippen molar-refractivity contribution in [1.82, 2.24) is 0 Å². The summed E-state index contributed by atoms with van der Waals surface area (Å²) < 4.78 is 5.80. The SMILES string of the molecule is NC(CO)(CCOCC1CCCCC1)c1ccccc1. The van der Waals surface area contributed by atoms with Crippen molar-refractivity contribution in [3.63, 3.8) is 0 Å². The van der Waals surface area contributed by atoms with E-state index in [9.17, 15) is 5.11 Å². The highest BCUT2D eigenvalue weighted by Gasteiger charge is 2.26. The first-order chi connectivity index (χ1) is 9.74. The number of hydrogen-bond donors (Lipinski definition) is 2. The predicted octanol–water partition coefficient (Wildman–Crippen LogP) is 2.82. The third kappa shape index (κ3) is 4.30. The molecule has 20 heavy (non-hydrogen) atoms. The average Bonchev–Trinajstić information content (AvgIpc) is 2.53. The van der Waals surface area contributed by atoms with Crippen LogP contribution in [0.1, 0.15) is 44.1 Å². The molecule has 0 amide bonds. The molecule has 3 heteroatoms. The van der Waals surface area contributed by atoms with Gasteiger partial charge in [0.1, 0.15) is 0 Å². The highest BCUT2D eigenvalue weighted by atomic mass is 16.5. The topological polar surface area (TPSA) is 55.5 Å². The first-order valence-electron chi connectivity index (χ1n) is 7.77. The number of aliphatic hydroxyl groups is 1. The van der Waals surface area contributed by atoms with Gasteiger partial charge in [0.2, 0.25) is 0 Å². The van der Waals surface area contributed by atoms with Crippen molar-refractivity contribution in [3.05, 3.63) is 35.9 Å². The van der Waals surface area contributed by atoms with E-state index in [4.69, 9.17) is 10.5 Å². The van der Waals surface area contributed by atoms with Gasteiger partial charge >= 0.3 is 0 Å². The third-order valence-electron chi connectivity index (χ3n) is 4.40. The lowest BCUT2D eigenvalue weighted by atomic mass is 9.88. The molecular formula is C17H27NO2. The predicted molar refractivity (Wildman–Crippen MR) is 81.4 cm³/mol. The van der Waals surface area contributed by atoms with Crippen LogP contribution in [0.4, 0.5) is 0 Å². The second-order valence-corrected chi connectivity index (χ2v) is 6.01. The van der Waals surface area contributed by atoms with Crippen molar-refractivity contribution in [2.24, 2.45) is 11.7 Å². The number of aliphatic hydroxyl groups excluding tert-OH is 1. The summed E-state index contributed by atoms with van der Waals surface area (Å²) in [5.41, 5.74) is 6.60. The average molecular weight is 277 g/mol. The molecule has 112 valence electrons. The summed E-state index contributed by atoms with van der Waals surface area (Å²) in [4.78, 5) is 0. The van der Waals surface area contributed by atoms with Crippen LogP contribution in [0.15, 0.2) is 30.3 Å². The van der Waals surface area contributed by atoms with E-state index >= 15 is 0 Å². The van der Waals surface area contributed by atoms with E-state index in [2.05, 4.69) is 0 Å². The van der Waals surface area contributed by atoms with Crippen LogP contribution in [0.3, 0.4) is 0 Å². The Balaban J connectivity index is 1.76. The van der Waals surface area contributed by atoms with E-state index in [1.807, 2.05) is 30.3 Å². The molecule has 1 atom stereocenters. The van der Waals surface area contributed by atoms with Gasteiger partial charge in [-0.25, -0.2) is 0 Å². The molecule has 0 spiro atoms. The van der Waals surface area contributed by atoms with Crippen molar-refractivity contribution in [2.45, 2.75) is 44.1 Å². The minimum Gasteiger partial charge on any atom is -0.394 e. The maximum atomic E-state index is 9.61. The lowest BCUT2D eigenvalue weighted by Gasteiger charge is -2.28. The van der Waals surface area contributed by atoms with Gasteiger partial charge in [0.05, 0.1) is 12.1 Å². The van der Waals surface area contributed by atoms with E-state index in [0.717, 1.165) is 18.1 Å². The van der Waals surface area contributed by atoms with E-state index < -0.39 is 5.54 Å². The molecule has 1 aliphatic carbocycles. The summed E-state index contributed by atoms with van der Waals surface area (Å²) in [6, 6.07) is 9.81. The number of ether oxygens (including phenoxy) is 1. The molecule has 1 aromatic carbocycles. The molecule has 0 radical (unpaired) electrons. The quantitative estimate of drug-likeness (QED) is 0.754. The molecule has 0 aromatic heterocycles. The fourth-order valence-electron chi connectivity index (χ4n) is 2.94. The zero-order valence-electron chi connectivity index (χ0n) is 12.3. The lowest BCUT2D eigenvalue weighted by Crippen LogP contribution is -2.41.